The van der Waals surface area contributed by atoms with Crippen LogP contribution in [-0.2, 0) is 0 Å². The van der Waals surface area contributed by atoms with Crippen molar-refractivity contribution in [2.75, 3.05) is 10.6 Å². The maximum absolute atomic E-state index is 8.01. The molecule has 0 aliphatic carbocycles. The topological polar surface area (TPSA) is 24.1 Å². The van der Waals surface area contributed by atoms with Gasteiger partial charge in [-0.3, -0.25) is 0 Å². The first kappa shape index (κ1) is 9.31. The summed E-state index contributed by atoms with van der Waals surface area (Å²) in [5.74, 6) is 0. The molecule has 0 aromatic heterocycles. The highest BCUT2D eigenvalue weighted by Crippen LogP contribution is 2.24. The van der Waals surface area contributed by atoms with Gasteiger partial charge in [0.15, 0.2) is 0 Å². The highest BCUT2D eigenvalue weighted by atomic mass is 14.9. The molecule has 0 amide bonds. The molecule has 3 rings (SSSR count). The van der Waals surface area contributed by atoms with Crippen LogP contribution in [0.2, 0.25) is 0 Å². The normalized spacial score (nSPS) is 13.5. The molecule has 2 nitrogen and oxygen atoms in total. The van der Waals surface area contributed by atoms with E-state index in [0.717, 1.165) is 22.5 Å². The molecule has 0 saturated heterocycles. The van der Waals surface area contributed by atoms with Crippen LogP contribution in [0.3, 0.4) is 0 Å². The van der Waals surface area contributed by atoms with E-state index in [4.69, 9.17) is 6.85 Å². The molecule has 0 aliphatic heterocycles. The summed E-state index contributed by atoms with van der Waals surface area (Å²) < 4.78 is 39.2. The lowest BCUT2D eigenvalue weighted by Crippen LogP contribution is -1.94. The fraction of sp³-hybridized carbons (Fsp3) is 0.100. The summed E-state index contributed by atoms with van der Waals surface area (Å²) in [6.07, 6.45) is 0. The van der Waals surface area contributed by atoms with Gasteiger partial charge < -0.3 is 10.6 Å². The van der Waals surface area contributed by atoms with E-state index < -0.39 is 6.04 Å². The molecule has 3 aromatic rings. The quantitative estimate of drug-likeness (QED) is 0.636. The van der Waals surface area contributed by atoms with Crippen molar-refractivity contribution in [2.24, 2.45) is 0 Å². The van der Waals surface area contributed by atoms with Crippen LogP contribution in [0.15, 0.2) is 72.7 Å². The van der Waals surface area contributed by atoms with Gasteiger partial charge in [0.05, 0.1) is 6.85 Å². The Balaban J connectivity index is 1.91. The van der Waals surface area contributed by atoms with Gasteiger partial charge in [0.2, 0.25) is 0 Å². The molecular weight excluding hydrogens is 268 g/mol. The molecule has 110 valence electrons. The molecule has 0 fully saturated rings. The maximum Gasteiger partial charge on any atom is 0.0645 e. The van der Waals surface area contributed by atoms with Crippen LogP contribution < -0.4 is 10.6 Å². The Labute approximate surface area is 138 Å². The third-order valence-corrected chi connectivity index (χ3v) is 3.14. The van der Waals surface area contributed by atoms with Gasteiger partial charge in [0, 0.05) is 22.7 Å². The van der Waals surface area contributed by atoms with Gasteiger partial charge in [-0.05, 0) is 67.4 Å². The lowest BCUT2D eigenvalue weighted by Gasteiger charge is -2.11. The Bertz CT molecular complexity index is 968. The number of rotatable bonds is 4. The van der Waals surface area contributed by atoms with Crippen LogP contribution in [0.1, 0.15) is 18.0 Å². The van der Waals surface area contributed by atoms with E-state index >= 15 is 0 Å². The van der Waals surface area contributed by atoms with Gasteiger partial charge >= 0.3 is 0 Å². The Hall–Kier alpha value is -2.74. The number of hydrogen-bond donors (Lipinski definition) is 2. The number of benzene rings is 3. The number of hydrogen-bond acceptors (Lipinski definition) is 2. The van der Waals surface area contributed by atoms with E-state index in [2.05, 4.69) is 16.7 Å². The average molecular weight is 293 g/mol. The highest BCUT2D eigenvalue weighted by Gasteiger charge is 1.99. The second-order valence-electron chi connectivity index (χ2n) is 5.21. The third kappa shape index (κ3) is 3.67. The molecular formula is C20H20N2. The number of anilines is 4. The van der Waals surface area contributed by atoms with Crippen molar-refractivity contribution in [3.63, 3.8) is 0 Å². The van der Waals surface area contributed by atoms with E-state index in [0.29, 0.717) is 5.69 Å². The predicted octanol–water partition coefficient (Wildman–Crippen LogP) is 5.79. The molecule has 0 radical (unpaired) electrons. The summed E-state index contributed by atoms with van der Waals surface area (Å²) >= 11 is 0. The van der Waals surface area contributed by atoms with Crippen LogP contribution >= 0.6 is 0 Å². The molecule has 22 heavy (non-hydrogen) atoms. The molecule has 2 N–H and O–H groups in total. The highest BCUT2D eigenvalue weighted by molar-refractivity contribution is 5.68. The van der Waals surface area contributed by atoms with Crippen LogP contribution in [0.25, 0.3) is 0 Å². The molecule has 3 aromatic carbocycles. The van der Waals surface area contributed by atoms with Crippen LogP contribution in [0, 0.1) is 13.8 Å². The largest absolute Gasteiger partial charge is 0.355 e. The zero-order valence-electron chi connectivity index (χ0n) is 17.5. The van der Waals surface area contributed by atoms with E-state index in [1.165, 1.54) is 0 Å². The molecule has 0 heterocycles. The van der Waals surface area contributed by atoms with Crippen molar-refractivity contribution >= 4 is 22.7 Å². The lowest BCUT2D eigenvalue weighted by atomic mass is 10.1. The molecule has 0 atom stereocenters. The van der Waals surface area contributed by atoms with Crippen molar-refractivity contribution in [1.29, 1.82) is 0 Å². The van der Waals surface area contributed by atoms with Gasteiger partial charge in [-0.1, -0.05) is 30.3 Å². The predicted molar refractivity (Wildman–Crippen MR) is 95.4 cm³/mol. The molecule has 2 heteroatoms. The van der Waals surface area contributed by atoms with Crippen molar-refractivity contribution < 1.29 is 6.85 Å². The standard InChI is InChI=1S/C20H20N2/c1-15-11-16(2)13-20(12-15)22-19-10-6-9-18(14-19)21-17-7-4-3-5-8-17/h3-14,21-22H,1-2H3/i3D,4D,5D,7D,8D. The molecule has 0 spiro atoms. The van der Waals surface area contributed by atoms with E-state index in [1.54, 1.807) is 6.07 Å². The lowest BCUT2D eigenvalue weighted by molar-refractivity contribution is 1.37. The minimum Gasteiger partial charge on any atom is -0.355 e. The Kier molecular flexibility index (Phi) is 2.69. The van der Waals surface area contributed by atoms with Gasteiger partial charge in [0.1, 0.15) is 0 Å². The fourth-order valence-corrected chi connectivity index (χ4v) is 2.35. The fourth-order valence-electron chi connectivity index (χ4n) is 2.35. The molecule has 0 bridgehead atoms. The summed E-state index contributed by atoms with van der Waals surface area (Å²) in [6, 6.07) is 11.9. The van der Waals surface area contributed by atoms with Crippen LogP contribution in [0.4, 0.5) is 22.7 Å². The zero-order valence-corrected chi connectivity index (χ0v) is 12.5. The summed E-state index contributed by atoms with van der Waals surface area (Å²) in [5, 5.41) is 6.29. The molecule has 0 unspecified atom stereocenters. The monoisotopic (exact) mass is 293 g/mol. The second-order valence-corrected chi connectivity index (χ2v) is 5.21. The zero-order chi connectivity index (χ0) is 19.7. The SMILES string of the molecule is [2H]c1c([2H])c([2H])c(Nc2cccc(Nc3cc(C)cc(C)c3)c2)c([2H])c1[2H]. The van der Waals surface area contributed by atoms with Gasteiger partial charge in [0.25, 0.3) is 0 Å². The van der Waals surface area contributed by atoms with Gasteiger partial charge in [-0.15, -0.1) is 0 Å². The van der Waals surface area contributed by atoms with E-state index in [1.807, 2.05) is 44.2 Å². The van der Waals surface area contributed by atoms with Crippen molar-refractivity contribution in [1.82, 2.24) is 0 Å². The van der Waals surface area contributed by atoms with E-state index in [-0.39, 0.29) is 29.9 Å². The smallest absolute Gasteiger partial charge is 0.0645 e. The first-order chi connectivity index (χ1) is 12.8. The Morgan fingerprint density at radius 2 is 1.27 bits per heavy atom. The average Bonchev–Trinajstić information content (AvgIpc) is 2.61. The minimum atomic E-state index is -0.402. The number of nitrogens with one attached hydrogen (secondary N) is 2. The molecule has 0 saturated carbocycles. The maximum atomic E-state index is 8.01. The Morgan fingerprint density at radius 1 is 0.682 bits per heavy atom. The number of aryl methyl sites for hydroxylation is 2. The second kappa shape index (κ2) is 6.35. The minimum absolute atomic E-state index is 0.0598. The van der Waals surface area contributed by atoms with Gasteiger partial charge in [-0.25, -0.2) is 0 Å². The van der Waals surface area contributed by atoms with Crippen LogP contribution in [-0.4, -0.2) is 0 Å². The van der Waals surface area contributed by atoms with Crippen molar-refractivity contribution in [2.45, 2.75) is 13.8 Å². The summed E-state index contributed by atoms with van der Waals surface area (Å²) in [4.78, 5) is 0. The third-order valence-electron chi connectivity index (χ3n) is 3.14. The van der Waals surface area contributed by atoms with Gasteiger partial charge in [-0.2, -0.15) is 0 Å². The van der Waals surface area contributed by atoms with Crippen molar-refractivity contribution in [3.8, 4) is 0 Å². The molecule has 0 aliphatic rings. The Morgan fingerprint density at radius 3 is 1.91 bits per heavy atom. The van der Waals surface area contributed by atoms with Crippen LogP contribution in [0.5, 0.6) is 0 Å². The number of para-hydroxylation sites is 1. The first-order valence-electron chi connectivity index (χ1n) is 9.55. The summed E-state index contributed by atoms with van der Waals surface area (Å²) in [6.45, 7) is 4.07. The van der Waals surface area contributed by atoms with Crippen molar-refractivity contribution in [3.05, 3.63) is 83.8 Å². The first-order valence-corrected chi connectivity index (χ1v) is 7.05. The summed E-state index contributed by atoms with van der Waals surface area (Å²) in [7, 11) is 0. The van der Waals surface area contributed by atoms with E-state index in [9.17, 15) is 0 Å². The summed E-state index contributed by atoms with van der Waals surface area (Å²) in [5.41, 5.74) is 4.80.